The predicted octanol–water partition coefficient (Wildman–Crippen LogP) is 2.48. The van der Waals surface area contributed by atoms with Gasteiger partial charge in [0.15, 0.2) is 0 Å². The molecule has 1 saturated heterocycles. The summed E-state index contributed by atoms with van der Waals surface area (Å²) < 4.78 is 0. The zero-order valence-corrected chi connectivity index (χ0v) is 7.47. The van der Waals surface area contributed by atoms with Crippen LogP contribution in [0.25, 0.3) is 0 Å². The molecule has 0 bridgehead atoms. The molecule has 11 heavy (non-hydrogen) atoms. The molecule has 64 valence electrons. The zero-order chi connectivity index (χ0) is 7.94. The van der Waals surface area contributed by atoms with Crippen LogP contribution in [0.5, 0.6) is 0 Å². The Morgan fingerprint density at radius 2 is 2.45 bits per heavy atom. The quantitative estimate of drug-likeness (QED) is 0.483. The van der Waals surface area contributed by atoms with Gasteiger partial charge in [-0.25, -0.2) is 0 Å². The highest BCUT2D eigenvalue weighted by molar-refractivity contribution is 4.79. The number of nitrogens with one attached hydrogen (secondary N) is 1. The fourth-order valence-electron chi connectivity index (χ4n) is 1.65. The van der Waals surface area contributed by atoms with Crippen LogP contribution in [-0.4, -0.2) is 12.6 Å². The Morgan fingerprint density at radius 3 is 3.09 bits per heavy atom. The topological polar surface area (TPSA) is 12.0 Å². The van der Waals surface area contributed by atoms with Crippen molar-refractivity contribution in [3.05, 3.63) is 12.2 Å². The van der Waals surface area contributed by atoms with Gasteiger partial charge >= 0.3 is 0 Å². The van der Waals surface area contributed by atoms with Gasteiger partial charge in [-0.3, -0.25) is 0 Å². The van der Waals surface area contributed by atoms with Crippen LogP contribution in [0.3, 0.4) is 0 Å². The van der Waals surface area contributed by atoms with Crippen LogP contribution in [0.1, 0.15) is 39.0 Å². The van der Waals surface area contributed by atoms with E-state index in [0.717, 1.165) is 6.04 Å². The molecule has 1 heterocycles. The molecule has 1 fully saturated rings. The van der Waals surface area contributed by atoms with Gasteiger partial charge in [-0.1, -0.05) is 12.2 Å². The van der Waals surface area contributed by atoms with Gasteiger partial charge in [0.25, 0.3) is 0 Å². The molecular weight excluding hydrogens is 134 g/mol. The van der Waals surface area contributed by atoms with Crippen molar-refractivity contribution in [1.82, 2.24) is 5.32 Å². The van der Waals surface area contributed by atoms with Crippen molar-refractivity contribution in [2.75, 3.05) is 6.54 Å². The van der Waals surface area contributed by atoms with E-state index in [4.69, 9.17) is 0 Å². The van der Waals surface area contributed by atoms with E-state index in [9.17, 15) is 0 Å². The minimum atomic E-state index is 0.834. The molecule has 1 aliphatic heterocycles. The number of hydrogen-bond acceptors (Lipinski definition) is 1. The highest BCUT2D eigenvalue weighted by Gasteiger charge is 2.11. The Kier molecular flexibility index (Phi) is 4.29. The first-order chi connectivity index (χ1) is 5.43. The predicted molar refractivity (Wildman–Crippen MR) is 49.7 cm³/mol. The van der Waals surface area contributed by atoms with Crippen LogP contribution in [0.15, 0.2) is 12.2 Å². The first-order valence-electron chi connectivity index (χ1n) is 4.78. The van der Waals surface area contributed by atoms with Crippen LogP contribution < -0.4 is 5.32 Å². The van der Waals surface area contributed by atoms with Gasteiger partial charge in [0, 0.05) is 6.04 Å². The van der Waals surface area contributed by atoms with Crippen molar-refractivity contribution in [3.63, 3.8) is 0 Å². The molecule has 1 unspecified atom stereocenters. The maximum absolute atomic E-state index is 3.51. The standard InChI is InChI=1S/C10H19N/c1-2-3-4-5-7-10-8-6-9-11-10/h2-3,10-11H,4-9H2,1H3/b3-2+. The van der Waals surface area contributed by atoms with Gasteiger partial charge in [0.2, 0.25) is 0 Å². The third-order valence-corrected chi connectivity index (χ3v) is 2.32. The monoisotopic (exact) mass is 153 g/mol. The first-order valence-corrected chi connectivity index (χ1v) is 4.78. The van der Waals surface area contributed by atoms with Gasteiger partial charge in [0.1, 0.15) is 0 Å². The van der Waals surface area contributed by atoms with Crippen LogP contribution in [0.2, 0.25) is 0 Å². The number of hydrogen-bond donors (Lipinski definition) is 1. The maximum Gasteiger partial charge on any atom is 0.00676 e. The van der Waals surface area contributed by atoms with Gasteiger partial charge in [-0.2, -0.15) is 0 Å². The summed E-state index contributed by atoms with van der Waals surface area (Å²) in [5, 5.41) is 3.51. The van der Waals surface area contributed by atoms with Crippen molar-refractivity contribution >= 4 is 0 Å². The summed E-state index contributed by atoms with van der Waals surface area (Å²) in [5.41, 5.74) is 0. The molecule has 0 aliphatic carbocycles. The average Bonchev–Trinajstić information content (AvgIpc) is 2.50. The van der Waals surface area contributed by atoms with Crippen LogP contribution in [0, 0.1) is 0 Å². The Bertz CT molecular complexity index is 112. The molecule has 1 aliphatic rings. The highest BCUT2D eigenvalue weighted by Crippen LogP contribution is 2.11. The Labute approximate surface area is 69.9 Å². The molecule has 1 nitrogen and oxygen atoms in total. The fraction of sp³-hybridized carbons (Fsp3) is 0.800. The summed E-state index contributed by atoms with van der Waals surface area (Å²) in [6, 6.07) is 0.834. The number of rotatable bonds is 4. The van der Waals surface area contributed by atoms with E-state index in [1.54, 1.807) is 0 Å². The summed E-state index contributed by atoms with van der Waals surface area (Å²) in [7, 11) is 0. The maximum atomic E-state index is 3.51. The van der Waals surface area contributed by atoms with Gasteiger partial charge in [-0.15, -0.1) is 0 Å². The van der Waals surface area contributed by atoms with E-state index in [1.807, 2.05) is 0 Å². The lowest BCUT2D eigenvalue weighted by atomic mass is 10.1. The summed E-state index contributed by atoms with van der Waals surface area (Å²) in [6.07, 6.45) is 11.2. The lowest BCUT2D eigenvalue weighted by Crippen LogP contribution is -2.20. The Morgan fingerprint density at radius 1 is 1.55 bits per heavy atom. The summed E-state index contributed by atoms with van der Waals surface area (Å²) in [4.78, 5) is 0. The lowest BCUT2D eigenvalue weighted by Gasteiger charge is -2.07. The molecule has 0 saturated carbocycles. The van der Waals surface area contributed by atoms with Gasteiger partial charge in [0.05, 0.1) is 0 Å². The Hall–Kier alpha value is -0.300. The van der Waals surface area contributed by atoms with E-state index in [1.165, 1.54) is 38.6 Å². The summed E-state index contributed by atoms with van der Waals surface area (Å²) in [6.45, 7) is 3.34. The molecule has 0 aromatic rings. The molecule has 1 rings (SSSR count). The third-order valence-electron chi connectivity index (χ3n) is 2.32. The smallest absolute Gasteiger partial charge is 0.00676 e. The fourth-order valence-corrected chi connectivity index (χ4v) is 1.65. The second kappa shape index (κ2) is 5.36. The molecule has 0 spiro atoms. The SMILES string of the molecule is C/C=C/CCCC1CCCN1. The van der Waals surface area contributed by atoms with Crippen molar-refractivity contribution in [3.8, 4) is 0 Å². The van der Waals surface area contributed by atoms with Crippen molar-refractivity contribution in [2.24, 2.45) is 0 Å². The largest absolute Gasteiger partial charge is 0.314 e. The number of allylic oxidation sites excluding steroid dienone is 2. The van der Waals surface area contributed by atoms with E-state index in [0.29, 0.717) is 0 Å². The second-order valence-electron chi connectivity index (χ2n) is 3.29. The highest BCUT2D eigenvalue weighted by atomic mass is 14.9. The van der Waals surface area contributed by atoms with E-state index < -0.39 is 0 Å². The molecular formula is C10H19N. The van der Waals surface area contributed by atoms with Crippen LogP contribution >= 0.6 is 0 Å². The van der Waals surface area contributed by atoms with Crippen molar-refractivity contribution < 1.29 is 0 Å². The van der Waals surface area contributed by atoms with E-state index in [-0.39, 0.29) is 0 Å². The minimum Gasteiger partial charge on any atom is -0.314 e. The normalized spacial score (nSPS) is 25.0. The van der Waals surface area contributed by atoms with Gasteiger partial charge < -0.3 is 5.32 Å². The average molecular weight is 153 g/mol. The molecule has 0 amide bonds. The van der Waals surface area contributed by atoms with Gasteiger partial charge in [-0.05, 0) is 45.6 Å². The zero-order valence-electron chi connectivity index (χ0n) is 7.47. The lowest BCUT2D eigenvalue weighted by molar-refractivity contribution is 0.539. The molecule has 0 radical (unpaired) electrons. The summed E-state index contributed by atoms with van der Waals surface area (Å²) in [5.74, 6) is 0. The molecule has 0 aromatic carbocycles. The molecule has 1 heteroatoms. The Balaban J connectivity index is 1.93. The van der Waals surface area contributed by atoms with E-state index >= 15 is 0 Å². The second-order valence-corrected chi connectivity index (χ2v) is 3.29. The van der Waals surface area contributed by atoms with Crippen LogP contribution in [-0.2, 0) is 0 Å². The molecule has 1 N–H and O–H groups in total. The first kappa shape index (κ1) is 8.79. The van der Waals surface area contributed by atoms with E-state index in [2.05, 4.69) is 24.4 Å². The van der Waals surface area contributed by atoms with Crippen LogP contribution in [0.4, 0.5) is 0 Å². The molecule has 1 atom stereocenters. The van der Waals surface area contributed by atoms with Crippen molar-refractivity contribution in [1.29, 1.82) is 0 Å². The molecule has 0 aromatic heterocycles. The third kappa shape index (κ3) is 3.57. The van der Waals surface area contributed by atoms with Crippen molar-refractivity contribution in [2.45, 2.75) is 45.1 Å². The summed E-state index contributed by atoms with van der Waals surface area (Å²) >= 11 is 0. The number of unbranched alkanes of at least 4 members (excludes halogenated alkanes) is 1. The minimum absolute atomic E-state index is 0.834.